The molecule has 0 aliphatic carbocycles. The van der Waals surface area contributed by atoms with Gasteiger partial charge < -0.3 is 10.1 Å². The molecule has 8 heteroatoms. The number of carbonyl (C=O) groups is 1. The first-order chi connectivity index (χ1) is 10.5. The first-order valence-electron chi connectivity index (χ1n) is 6.77. The fraction of sp³-hybridized carbons (Fsp3) is 0.400. The smallest absolute Gasteiger partial charge is 0.407 e. The van der Waals surface area contributed by atoms with Crippen LogP contribution in [0.5, 0.6) is 0 Å². The summed E-state index contributed by atoms with van der Waals surface area (Å²) in [7, 11) is -3.71. The second-order valence-electron chi connectivity index (χ2n) is 5.84. The molecule has 1 rings (SSSR count). The number of carbonyl (C=O) groups excluding carboxylic acids is 1. The third kappa shape index (κ3) is 7.13. The second kappa shape index (κ2) is 7.92. The Bertz CT molecular complexity index is 696. The highest BCUT2D eigenvalue weighted by atomic mass is 79.9. The zero-order valence-corrected chi connectivity index (χ0v) is 15.5. The maximum absolute atomic E-state index is 12.9. The van der Waals surface area contributed by atoms with Crippen LogP contribution in [0.2, 0.25) is 0 Å². The molecular formula is C15H19BrFNO4S. The minimum absolute atomic E-state index is 0.0727. The molecule has 128 valence electrons. The molecule has 0 aromatic heterocycles. The summed E-state index contributed by atoms with van der Waals surface area (Å²) < 4.78 is 43.1. The van der Waals surface area contributed by atoms with Crippen LogP contribution in [-0.4, -0.2) is 32.4 Å². The largest absolute Gasteiger partial charge is 0.444 e. The molecule has 0 saturated heterocycles. The zero-order chi connectivity index (χ0) is 17.7. The molecule has 23 heavy (non-hydrogen) atoms. The van der Waals surface area contributed by atoms with Gasteiger partial charge in [-0.2, -0.15) is 0 Å². The van der Waals surface area contributed by atoms with Gasteiger partial charge in [0, 0.05) is 11.0 Å². The predicted octanol–water partition coefficient (Wildman–Crippen LogP) is 3.60. The number of alkyl carbamates (subject to hydrolysis) is 1. The van der Waals surface area contributed by atoms with E-state index < -0.39 is 27.3 Å². The molecule has 0 aliphatic heterocycles. The van der Waals surface area contributed by atoms with E-state index in [9.17, 15) is 17.6 Å². The summed E-state index contributed by atoms with van der Waals surface area (Å²) in [6.07, 6.45) is -0.552. The Balaban J connectivity index is 2.72. The highest BCUT2D eigenvalue weighted by molar-refractivity contribution is 9.10. The Kier molecular flexibility index (Phi) is 6.76. The molecule has 1 aromatic carbocycles. The van der Waals surface area contributed by atoms with Crippen molar-refractivity contribution in [2.24, 2.45) is 0 Å². The molecule has 1 N–H and O–H groups in total. The molecule has 1 aromatic rings. The topological polar surface area (TPSA) is 72.5 Å². The highest BCUT2D eigenvalue weighted by Crippen LogP contribution is 2.19. The molecular weight excluding hydrogens is 389 g/mol. The summed E-state index contributed by atoms with van der Waals surface area (Å²) in [6, 6.07) is 6.13. The number of amides is 1. The van der Waals surface area contributed by atoms with Crippen LogP contribution in [0.15, 0.2) is 45.5 Å². The SMILES string of the molecule is CC(C)(C)OC(=O)NC/C(=C\F)CS(=O)(=O)c1cccc(Br)c1. The van der Waals surface area contributed by atoms with Gasteiger partial charge in [-0.05, 0) is 44.5 Å². The summed E-state index contributed by atoms with van der Waals surface area (Å²) >= 11 is 3.19. The molecule has 0 radical (unpaired) electrons. The van der Waals surface area contributed by atoms with E-state index in [2.05, 4.69) is 21.2 Å². The quantitative estimate of drug-likeness (QED) is 0.808. The van der Waals surface area contributed by atoms with E-state index in [0.717, 1.165) is 0 Å². The fourth-order valence-electron chi connectivity index (χ4n) is 1.61. The van der Waals surface area contributed by atoms with E-state index in [0.29, 0.717) is 4.47 Å². The average Bonchev–Trinajstić information content (AvgIpc) is 2.41. The number of hydrogen-bond acceptors (Lipinski definition) is 4. The zero-order valence-electron chi connectivity index (χ0n) is 13.1. The number of halogens is 2. The van der Waals surface area contributed by atoms with Gasteiger partial charge >= 0.3 is 6.09 Å². The number of rotatable bonds is 5. The molecule has 0 saturated carbocycles. The maximum Gasteiger partial charge on any atom is 0.407 e. The molecule has 0 fully saturated rings. The predicted molar refractivity (Wildman–Crippen MR) is 89.6 cm³/mol. The lowest BCUT2D eigenvalue weighted by atomic mass is 10.2. The maximum atomic E-state index is 12.9. The van der Waals surface area contributed by atoms with Crippen molar-refractivity contribution in [2.75, 3.05) is 12.3 Å². The van der Waals surface area contributed by atoms with Crippen LogP contribution in [0.1, 0.15) is 20.8 Å². The lowest BCUT2D eigenvalue weighted by molar-refractivity contribution is 0.0532. The molecule has 0 unspecified atom stereocenters. The van der Waals surface area contributed by atoms with E-state index in [4.69, 9.17) is 4.74 Å². The first-order valence-corrected chi connectivity index (χ1v) is 9.21. The molecule has 5 nitrogen and oxygen atoms in total. The van der Waals surface area contributed by atoms with Crippen molar-refractivity contribution < 1.29 is 22.3 Å². The minimum atomic E-state index is -3.71. The van der Waals surface area contributed by atoms with Crippen molar-refractivity contribution in [2.45, 2.75) is 31.3 Å². The third-order valence-corrected chi connectivity index (χ3v) is 4.76. The van der Waals surface area contributed by atoms with Gasteiger partial charge in [0.2, 0.25) is 0 Å². The number of ether oxygens (including phenoxy) is 1. The van der Waals surface area contributed by atoms with Crippen molar-refractivity contribution in [3.63, 3.8) is 0 Å². The van der Waals surface area contributed by atoms with Crippen LogP contribution in [0.3, 0.4) is 0 Å². The summed E-state index contributed by atoms with van der Waals surface area (Å²) in [5.41, 5.74) is -0.762. The molecule has 0 spiro atoms. The Labute approximate surface area is 144 Å². The molecule has 0 heterocycles. The van der Waals surface area contributed by atoms with E-state index in [1.54, 1.807) is 32.9 Å². The summed E-state index contributed by atoms with van der Waals surface area (Å²) in [5, 5.41) is 2.33. The van der Waals surface area contributed by atoms with Crippen LogP contribution < -0.4 is 5.32 Å². The molecule has 0 atom stereocenters. The standard InChI is InChI=1S/C15H19BrFNO4S/c1-15(2,3)22-14(19)18-9-11(8-17)10-23(20,21)13-6-4-5-12(16)7-13/h4-8H,9-10H2,1-3H3,(H,18,19)/b11-8+. The van der Waals surface area contributed by atoms with E-state index >= 15 is 0 Å². The lowest BCUT2D eigenvalue weighted by Gasteiger charge is -2.20. The van der Waals surface area contributed by atoms with Crippen LogP contribution in [0.4, 0.5) is 9.18 Å². The van der Waals surface area contributed by atoms with Crippen molar-refractivity contribution in [3.05, 3.63) is 40.6 Å². The Morgan fingerprint density at radius 1 is 1.39 bits per heavy atom. The van der Waals surface area contributed by atoms with Crippen molar-refractivity contribution in [1.29, 1.82) is 0 Å². The molecule has 0 aliphatic rings. The number of sulfone groups is 1. The van der Waals surface area contributed by atoms with E-state index in [-0.39, 0.29) is 23.3 Å². The van der Waals surface area contributed by atoms with Gasteiger partial charge in [0.1, 0.15) is 5.60 Å². The Morgan fingerprint density at radius 3 is 2.57 bits per heavy atom. The number of nitrogens with one attached hydrogen (secondary N) is 1. The van der Waals surface area contributed by atoms with Crippen molar-refractivity contribution >= 4 is 31.9 Å². The van der Waals surface area contributed by atoms with Crippen LogP contribution in [-0.2, 0) is 14.6 Å². The Morgan fingerprint density at radius 2 is 2.04 bits per heavy atom. The monoisotopic (exact) mass is 407 g/mol. The van der Waals surface area contributed by atoms with Gasteiger partial charge in [0.05, 0.1) is 17.0 Å². The second-order valence-corrected chi connectivity index (χ2v) is 8.74. The van der Waals surface area contributed by atoms with Crippen molar-refractivity contribution in [3.8, 4) is 0 Å². The first kappa shape index (κ1) is 19.6. The van der Waals surface area contributed by atoms with Crippen LogP contribution in [0.25, 0.3) is 0 Å². The summed E-state index contributed by atoms with van der Waals surface area (Å²) in [4.78, 5) is 11.6. The molecule has 0 bridgehead atoms. The fourth-order valence-corrected chi connectivity index (χ4v) is 3.57. The van der Waals surface area contributed by atoms with Gasteiger partial charge in [0.15, 0.2) is 9.84 Å². The van der Waals surface area contributed by atoms with E-state index in [1.165, 1.54) is 12.1 Å². The minimum Gasteiger partial charge on any atom is -0.444 e. The highest BCUT2D eigenvalue weighted by Gasteiger charge is 2.20. The number of benzene rings is 1. The Hall–Kier alpha value is -1.41. The third-order valence-electron chi connectivity index (χ3n) is 2.54. The van der Waals surface area contributed by atoms with Gasteiger partial charge in [-0.1, -0.05) is 22.0 Å². The van der Waals surface area contributed by atoms with Crippen LogP contribution >= 0.6 is 15.9 Å². The number of hydrogen-bond donors (Lipinski definition) is 1. The van der Waals surface area contributed by atoms with Gasteiger partial charge in [-0.15, -0.1) is 0 Å². The summed E-state index contributed by atoms with van der Waals surface area (Å²) in [6.45, 7) is 4.82. The lowest BCUT2D eigenvalue weighted by Crippen LogP contribution is -2.34. The van der Waals surface area contributed by atoms with Crippen LogP contribution in [0, 0.1) is 0 Å². The molecule has 1 amide bonds. The van der Waals surface area contributed by atoms with Gasteiger partial charge in [-0.25, -0.2) is 17.6 Å². The van der Waals surface area contributed by atoms with Crippen molar-refractivity contribution in [1.82, 2.24) is 5.32 Å². The average molecular weight is 408 g/mol. The van der Waals surface area contributed by atoms with Gasteiger partial charge in [0.25, 0.3) is 0 Å². The normalized spacial score (nSPS) is 12.8. The van der Waals surface area contributed by atoms with Gasteiger partial charge in [-0.3, -0.25) is 0 Å². The van der Waals surface area contributed by atoms with E-state index in [1.807, 2.05) is 0 Å². The summed E-state index contributed by atoms with van der Waals surface area (Å²) in [5.74, 6) is -0.532.